The summed E-state index contributed by atoms with van der Waals surface area (Å²) < 4.78 is 22.1. The average Bonchev–Trinajstić information content (AvgIpc) is 2.81. The van der Waals surface area contributed by atoms with E-state index in [1.807, 2.05) is 54.6 Å². The smallest absolute Gasteiger partial charge is 0.161 e. The van der Waals surface area contributed by atoms with Crippen molar-refractivity contribution < 1.29 is 18.9 Å². The molecule has 0 aromatic heterocycles. The first-order valence-electron chi connectivity index (χ1n) is 10.1. The minimum atomic E-state index is 0. The molecule has 3 rings (SSSR count). The molecule has 1 N–H and O–H groups in total. The predicted molar refractivity (Wildman–Crippen MR) is 131 cm³/mol. The molecule has 0 heterocycles. The lowest BCUT2D eigenvalue weighted by molar-refractivity contribution is 0.284. The number of benzene rings is 3. The second-order valence-electron chi connectivity index (χ2n) is 7.02. The first kappa shape index (κ1) is 25.7. The van der Waals surface area contributed by atoms with E-state index < -0.39 is 0 Å². The maximum absolute atomic E-state index is 5.93. The van der Waals surface area contributed by atoms with E-state index in [2.05, 4.69) is 11.4 Å². The highest BCUT2D eigenvalue weighted by atomic mass is 35.5. The van der Waals surface area contributed by atoms with E-state index in [9.17, 15) is 0 Å². The highest BCUT2D eigenvalue weighted by molar-refractivity contribution is 6.30. The van der Waals surface area contributed by atoms with Crippen molar-refractivity contribution in [2.45, 2.75) is 19.6 Å². The van der Waals surface area contributed by atoms with Gasteiger partial charge in [-0.2, -0.15) is 0 Å². The van der Waals surface area contributed by atoms with Crippen molar-refractivity contribution in [2.75, 3.05) is 27.9 Å². The van der Waals surface area contributed by atoms with Gasteiger partial charge in [-0.25, -0.2) is 0 Å². The molecule has 5 nitrogen and oxygen atoms in total. The summed E-state index contributed by atoms with van der Waals surface area (Å²) in [5.74, 6) is 2.92. The summed E-state index contributed by atoms with van der Waals surface area (Å²) in [6.07, 6.45) is 0.889. The minimum absolute atomic E-state index is 0. The summed E-state index contributed by atoms with van der Waals surface area (Å²) in [5.41, 5.74) is 3.36. The van der Waals surface area contributed by atoms with Crippen LogP contribution in [0.25, 0.3) is 0 Å². The fraction of sp³-hybridized carbons (Fsp3) is 0.280. The van der Waals surface area contributed by atoms with Crippen LogP contribution in [0.4, 0.5) is 0 Å². The summed E-state index contributed by atoms with van der Waals surface area (Å²) in [6.45, 7) is 2.03. The number of hydrogen-bond donors (Lipinski definition) is 1. The molecule has 0 aliphatic carbocycles. The number of halogens is 2. The Morgan fingerprint density at radius 3 is 1.94 bits per heavy atom. The van der Waals surface area contributed by atoms with Gasteiger partial charge in [-0.3, -0.25) is 0 Å². The van der Waals surface area contributed by atoms with Crippen LogP contribution in [0.1, 0.15) is 16.7 Å². The molecule has 172 valence electrons. The van der Waals surface area contributed by atoms with Gasteiger partial charge in [0.2, 0.25) is 0 Å². The van der Waals surface area contributed by atoms with Crippen molar-refractivity contribution in [1.82, 2.24) is 5.32 Å². The zero-order valence-corrected chi connectivity index (χ0v) is 20.1. The van der Waals surface area contributed by atoms with Crippen LogP contribution < -0.4 is 24.3 Å². The Morgan fingerprint density at radius 2 is 1.25 bits per heavy atom. The lowest BCUT2D eigenvalue weighted by atomic mass is 10.1. The van der Waals surface area contributed by atoms with Crippen molar-refractivity contribution in [3.63, 3.8) is 0 Å². The number of ether oxygens (including phenoxy) is 4. The van der Waals surface area contributed by atoms with Gasteiger partial charge in [0.15, 0.2) is 23.0 Å². The summed E-state index contributed by atoms with van der Waals surface area (Å²) in [4.78, 5) is 0. The van der Waals surface area contributed by atoms with Gasteiger partial charge in [0, 0.05) is 11.6 Å². The van der Waals surface area contributed by atoms with Crippen LogP contribution in [-0.2, 0) is 19.6 Å². The first-order valence-corrected chi connectivity index (χ1v) is 10.5. The molecule has 0 radical (unpaired) electrons. The quantitative estimate of drug-likeness (QED) is 0.359. The van der Waals surface area contributed by atoms with Gasteiger partial charge in [0.05, 0.1) is 21.3 Å². The maximum atomic E-state index is 5.93. The fourth-order valence-electron chi connectivity index (χ4n) is 3.18. The third kappa shape index (κ3) is 7.23. The molecule has 3 aromatic carbocycles. The van der Waals surface area contributed by atoms with Crippen molar-refractivity contribution in [3.05, 3.63) is 82.4 Å². The van der Waals surface area contributed by atoms with E-state index in [1.165, 1.54) is 5.56 Å². The third-order valence-corrected chi connectivity index (χ3v) is 5.16. The zero-order valence-electron chi connectivity index (χ0n) is 18.5. The van der Waals surface area contributed by atoms with Gasteiger partial charge in [-0.1, -0.05) is 35.9 Å². The van der Waals surface area contributed by atoms with E-state index in [-0.39, 0.29) is 12.4 Å². The van der Waals surface area contributed by atoms with Crippen LogP contribution in [0.5, 0.6) is 23.0 Å². The first-order chi connectivity index (χ1) is 15.1. The lowest BCUT2D eigenvalue weighted by Gasteiger charge is -2.13. The summed E-state index contributed by atoms with van der Waals surface area (Å²) >= 11 is 5.93. The Kier molecular flexibility index (Phi) is 10.5. The van der Waals surface area contributed by atoms with Crippen LogP contribution in [0.2, 0.25) is 5.02 Å². The van der Waals surface area contributed by atoms with Crippen LogP contribution in [-0.4, -0.2) is 27.9 Å². The highest BCUT2D eigenvalue weighted by Gasteiger charge is 2.07. The molecule has 0 fully saturated rings. The molecular formula is C25H29Cl2NO4. The summed E-state index contributed by atoms with van der Waals surface area (Å²) in [5, 5.41) is 4.18. The van der Waals surface area contributed by atoms with Gasteiger partial charge >= 0.3 is 0 Å². The number of hydrogen-bond acceptors (Lipinski definition) is 5. The third-order valence-electron chi connectivity index (χ3n) is 4.90. The van der Waals surface area contributed by atoms with Crippen molar-refractivity contribution in [2.24, 2.45) is 0 Å². The monoisotopic (exact) mass is 477 g/mol. The largest absolute Gasteiger partial charge is 0.493 e. The Bertz CT molecular complexity index is 980. The molecule has 0 saturated heterocycles. The molecule has 0 spiro atoms. The number of nitrogens with one attached hydrogen (secondary N) is 1. The topological polar surface area (TPSA) is 49.0 Å². The number of methoxy groups -OCH3 is 3. The normalized spacial score (nSPS) is 10.2. The molecule has 32 heavy (non-hydrogen) atoms. The zero-order chi connectivity index (χ0) is 22.1. The van der Waals surface area contributed by atoms with Gasteiger partial charge in [0.1, 0.15) is 6.61 Å². The Hall–Kier alpha value is -2.60. The molecule has 7 heteroatoms. The second-order valence-corrected chi connectivity index (χ2v) is 7.45. The summed E-state index contributed by atoms with van der Waals surface area (Å²) in [7, 11) is 4.94. The Morgan fingerprint density at radius 1 is 0.688 bits per heavy atom. The Labute approximate surface area is 201 Å². The molecule has 0 bridgehead atoms. The van der Waals surface area contributed by atoms with Crippen molar-refractivity contribution in [3.8, 4) is 23.0 Å². The predicted octanol–water partition coefficient (Wildman–Crippen LogP) is 5.70. The molecule has 0 atom stereocenters. The number of rotatable bonds is 11. The van der Waals surface area contributed by atoms with Crippen LogP contribution in [0.15, 0.2) is 60.7 Å². The molecule has 3 aromatic rings. The SMILES string of the molecule is COc1ccc(CCNCc2ccc(OCc3ccc(Cl)cc3)c(OC)c2)cc1OC.Cl. The van der Waals surface area contributed by atoms with Crippen LogP contribution in [0, 0.1) is 0 Å². The van der Waals surface area contributed by atoms with E-state index in [1.54, 1.807) is 21.3 Å². The van der Waals surface area contributed by atoms with E-state index in [0.717, 1.165) is 42.1 Å². The summed E-state index contributed by atoms with van der Waals surface area (Å²) in [6, 6.07) is 19.6. The van der Waals surface area contributed by atoms with E-state index in [0.29, 0.717) is 23.1 Å². The standard InChI is InChI=1S/C25H28ClNO4.ClH/c1-28-22-10-6-18(14-24(22)29-2)12-13-27-16-20-7-11-23(25(15-20)30-3)31-17-19-4-8-21(26)9-5-19;/h4-11,14-15,27H,12-13,16-17H2,1-3H3;1H. The van der Waals surface area contributed by atoms with Gasteiger partial charge in [0.25, 0.3) is 0 Å². The Balaban J connectivity index is 0.00000363. The van der Waals surface area contributed by atoms with Crippen LogP contribution >= 0.6 is 24.0 Å². The van der Waals surface area contributed by atoms with Gasteiger partial charge in [-0.05, 0) is 66.1 Å². The van der Waals surface area contributed by atoms with Crippen LogP contribution in [0.3, 0.4) is 0 Å². The van der Waals surface area contributed by atoms with E-state index in [4.69, 9.17) is 30.5 Å². The fourth-order valence-corrected chi connectivity index (χ4v) is 3.31. The minimum Gasteiger partial charge on any atom is -0.493 e. The van der Waals surface area contributed by atoms with Crippen molar-refractivity contribution in [1.29, 1.82) is 0 Å². The molecule has 0 aliphatic rings. The maximum Gasteiger partial charge on any atom is 0.161 e. The van der Waals surface area contributed by atoms with Gasteiger partial charge < -0.3 is 24.3 Å². The molecular weight excluding hydrogens is 449 g/mol. The van der Waals surface area contributed by atoms with E-state index >= 15 is 0 Å². The molecule has 0 saturated carbocycles. The lowest BCUT2D eigenvalue weighted by Crippen LogP contribution is -2.16. The van der Waals surface area contributed by atoms with Crippen molar-refractivity contribution >= 4 is 24.0 Å². The second kappa shape index (κ2) is 13.1. The average molecular weight is 478 g/mol. The van der Waals surface area contributed by atoms with Gasteiger partial charge in [-0.15, -0.1) is 12.4 Å². The molecule has 0 amide bonds. The molecule has 0 unspecified atom stereocenters. The molecule has 0 aliphatic heterocycles. The highest BCUT2D eigenvalue weighted by Crippen LogP contribution is 2.29.